The molecular formula is C21H23NO6S. The molecule has 0 N–H and O–H groups in total. The molecule has 1 atom stereocenters. The molecule has 1 unspecified atom stereocenters. The van der Waals surface area contributed by atoms with Gasteiger partial charge in [0.25, 0.3) is 5.91 Å². The van der Waals surface area contributed by atoms with Crippen molar-refractivity contribution in [2.45, 2.75) is 13.0 Å². The summed E-state index contributed by atoms with van der Waals surface area (Å²) >= 11 is 0. The van der Waals surface area contributed by atoms with Crippen LogP contribution in [0.4, 0.5) is 5.69 Å². The van der Waals surface area contributed by atoms with Crippen molar-refractivity contribution in [3.05, 3.63) is 59.5 Å². The second-order valence-electron chi connectivity index (χ2n) is 6.37. The lowest BCUT2D eigenvalue weighted by molar-refractivity contribution is 0.0978. The highest BCUT2D eigenvalue weighted by molar-refractivity contribution is 7.94. The maximum atomic E-state index is 13.6. The first-order valence-corrected chi connectivity index (χ1v) is 10.8. The third kappa shape index (κ3) is 4.37. The van der Waals surface area contributed by atoms with Gasteiger partial charge in [0, 0.05) is 11.5 Å². The summed E-state index contributed by atoms with van der Waals surface area (Å²) in [6, 6.07) is 11.2. The van der Waals surface area contributed by atoms with Gasteiger partial charge in [0.15, 0.2) is 9.84 Å². The van der Waals surface area contributed by atoms with Crippen molar-refractivity contribution in [2.24, 2.45) is 0 Å². The van der Waals surface area contributed by atoms with Crippen LogP contribution in [0.2, 0.25) is 0 Å². The van der Waals surface area contributed by atoms with Gasteiger partial charge in [0.05, 0.1) is 43.9 Å². The van der Waals surface area contributed by atoms with Gasteiger partial charge >= 0.3 is 0 Å². The van der Waals surface area contributed by atoms with E-state index >= 15 is 0 Å². The average molecular weight is 417 g/mol. The lowest BCUT2D eigenvalue weighted by atomic mass is 10.1. The van der Waals surface area contributed by atoms with E-state index in [4.69, 9.17) is 14.2 Å². The molecule has 0 fully saturated rings. The Morgan fingerprint density at radius 1 is 1.10 bits per heavy atom. The standard InChI is InChI=1S/C21H23NO6S/c1-4-28-19-8-6-5-7-17(19)21(23)22(15-11-12-29(24,25)14-15)18-10-9-16(26-2)13-20(18)27-3/h5-13,15H,4,14H2,1-3H3. The molecule has 0 saturated heterocycles. The second-order valence-corrected chi connectivity index (χ2v) is 8.30. The zero-order chi connectivity index (χ0) is 21.0. The summed E-state index contributed by atoms with van der Waals surface area (Å²) < 4.78 is 40.4. The molecule has 29 heavy (non-hydrogen) atoms. The van der Waals surface area contributed by atoms with E-state index in [0.717, 1.165) is 5.41 Å². The zero-order valence-corrected chi connectivity index (χ0v) is 17.3. The number of rotatable bonds is 7. The molecule has 154 valence electrons. The topological polar surface area (TPSA) is 82.1 Å². The number of hydrogen-bond donors (Lipinski definition) is 0. The van der Waals surface area contributed by atoms with Gasteiger partial charge in [-0.1, -0.05) is 12.1 Å². The molecule has 2 aromatic rings. The lowest BCUT2D eigenvalue weighted by Gasteiger charge is -2.29. The van der Waals surface area contributed by atoms with Crippen LogP contribution in [0.3, 0.4) is 0 Å². The maximum absolute atomic E-state index is 13.6. The lowest BCUT2D eigenvalue weighted by Crippen LogP contribution is -2.41. The summed E-state index contributed by atoms with van der Waals surface area (Å²) in [4.78, 5) is 15.0. The largest absolute Gasteiger partial charge is 0.497 e. The van der Waals surface area contributed by atoms with Gasteiger partial charge in [0.2, 0.25) is 0 Å². The Hall–Kier alpha value is -3.00. The molecule has 1 aliphatic heterocycles. The Balaban J connectivity index is 2.13. The maximum Gasteiger partial charge on any atom is 0.262 e. The average Bonchev–Trinajstić information content (AvgIpc) is 3.08. The number of nitrogens with zero attached hydrogens (tertiary/aromatic N) is 1. The van der Waals surface area contributed by atoms with Gasteiger partial charge < -0.3 is 14.2 Å². The number of amides is 1. The Morgan fingerprint density at radius 3 is 2.48 bits per heavy atom. The van der Waals surface area contributed by atoms with Crippen LogP contribution in [-0.2, 0) is 9.84 Å². The van der Waals surface area contributed by atoms with E-state index < -0.39 is 15.9 Å². The Kier molecular flexibility index (Phi) is 6.12. The van der Waals surface area contributed by atoms with Crippen molar-refractivity contribution < 1.29 is 27.4 Å². The van der Waals surface area contributed by atoms with E-state index in [-0.39, 0.29) is 11.7 Å². The van der Waals surface area contributed by atoms with Crippen molar-refractivity contribution in [2.75, 3.05) is 31.5 Å². The number of benzene rings is 2. The molecule has 1 heterocycles. The van der Waals surface area contributed by atoms with Crippen LogP contribution in [-0.4, -0.2) is 46.9 Å². The van der Waals surface area contributed by atoms with E-state index in [2.05, 4.69) is 0 Å². The van der Waals surface area contributed by atoms with Gasteiger partial charge in [-0.3, -0.25) is 9.69 Å². The number of methoxy groups -OCH3 is 2. The molecule has 0 radical (unpaired) electrons. The predicted molar refractivity (Wildman–Crippen MR) is 111 cm³/mol. The number of carbonyl (C=O) groups is 1. The number of hydrogen-bond acceptors (Lipinski definition) is 6. The molecule has 0 aromatic heterocycles. The minimum Gasteiger partial charge on any atom is -0.497 e. The first-order valence-electron chi connectivity index (χ1n) is 9.08. The summed E-state index contributed by atoms with van der Waals surface area (Å²) in [6.45, 7) is 2.23. The molecule has 2 aromatic carbocycles. The molecule has 0 bridgehead atoms. The minimum atomic E-state index is -3.39. The van der Waals surface area contributed by atoms with Crippen molar-refractivity contribution in [1.29, 1.82) is 0 Å². The van der Waals surface area contributed by atoms with E-state index in [9.17, 15) is 13.2 Å². The summed E-state index contributed by atoms with van der Waals surface area (Å²) in [5, 5.41) is 1.14. The predicted octanol–water partition coefficient (Wildman–Crippen LogP) is 3.06. The Labute approximate surface area is 170 Å². The van der Waals surface area contributed by atoms with Crippen LogP contribution in [0.15, 0.2) is 53.9 Å². The van der Waals surface area contributed by atoms with Crippen LogP contribution >= 0.6 is 0 Å². The minimum absolute atomic E-state index is 0.204. The van der Waals surface area contributed by atoms with Gasteiger partial charge in [0.1, 0.15) is 17.2 Å². The smallest absolute Gasteiger partial charge is 0.262 e. The van der Waals surface area contributed by atoms with E-state index in [0.29, 0.717) is 35.1 Å². The molecule has 0 aliphatic carbocycles. The van der Waals surface area contributed by atoms with Gasteiger partial charge in [-0.2, -0.15) is 0 Å². The SMILES string of the molecule is CCOc1ccccc1C(=O)N(c1ccc(OC)cc1OC)C1C=CS(=O)(=O)C1. The molecule has 0 saturated carbocycles. The summed E-state index contributed by atoms with van der Waals surface area (Å²) in [5.74, 6) is 0.795. The highest BCUT2D eigenvalue weighted by atomic mass is 32.2. The van der Waals surface area contributed by atoms with E-state index in [1.807, 2.05) is 6.92 Å². The number of anilines is 1. The van der Waals surface area contributed by atoms with E-state index in [1.165, 1.54) is 25.2 Å². The van der Waals surface area contributed by atoms with Gasteiger partial charge in [-0.05, 0) is 37.3 Å². The van der Waals surface area contributed by atoms with Crippen LogP contribution in [0.1, 0.15) is 17.3 Å². The third-order valence-corrected chi connectivity index (χ3v) is 5.90. The van der Waals surface area contributed by atoms with Crippen LogP contribution in [0.25, 0.3) is 0 Å². The quantitative estimate of drug-likeness (QED) is 0.689. The molecular weight excluding hydrogens is 394 g/mol. The van der Waals surface area contributed by atoms with Crippen LogP contribution < -0.4 is 19.1 Å². The first-order chi connectivity index (χ1) is 13.9. The third-order valence-electron chi connectivity index (χ3n) is 4.53. The van der Waals surface area contributed by atoms with Crippen LogP contribution in [0, 0.1) is 0 Å². The van der Waals surface area contributed by atoms with Crippen molar-refractivity contribution in [1.82, 2.24) is 0 Å². The zero-order valence-electron chi connectivity index (χ0n) is 16.5. The monoisotopic (exact) mass is 417 g/mol. The van der Waals surface area contributed by atoms with Gasteiger partial charge in [-0.15, -0.1) is 0 Å². The van der Waals surface area contributed by atoms with Crippen LogP contribution in [0.5, 0.6) is 17.2 Å². The van der Waals surface area contributed by atoms with E-state index in [1.54, 1.807) is 42.5 Å². The molecule has 8 heteroatoms. The number of para-hydroxylation sites is 1. The van der Waals surface area contributed by atoms with Gasteiger partial charge in [-0.25, -0.2) is 8.42 Å². The fourth-order valence-electron chi connectivity index (χ4n) is 3.20. The highest BCUT2D eigenvalue weighted by Crippen LogP contribution is 2.36. The van der Waals surface area contributed by atoms with Crippen molar-refractivity contribution in [3.63, 3.8) is 0 Å². The molecule has 0 spiro atoms. The first kappa shape index (κ1) is 20.7. The van der Waals surface area contributed by atoms with Crippen molar-refractivity contribution >= 4 is 21.4 Å². The summed E-state index contributed by atoms with van der Waals surface area (Å²) in [6.07, 6.45) is 1.51. The Bertz CT molecular complexity index is 1030. The molecule has 3 rings (SSSR count). The summed E-state index contributed by atoms with van der Waals surface area (Å²) in [5.41, 5.74) is 0.779. The molecule has 7 nitrogen and oxygen atoms in total. The molecule has 1 amide bonds. The number of carbonyl (C=O) groups excluding carboxylic acids is 1. The molecule has 1 aliphatic rings. The number of ether oxygens (including phenoxy) is 3. The Morgan fingerprint density at radius 2 is 1.86 bits per heavy atom. The van der Waals surface area contributed by atoms with Crippen molar-refractivity contribution in [3.8, 4) is 17.2 Å². The summed E-state index contributed by atoms with van der Waals surface area (Å²) in [7, 11) is -0.376. The fraction of sp³-hybridized carbons (Fsp3) is 0.286. The normalized spacial score (nSPS) is 17.0. The fourth-order valence-corrected chi connectivity index (χ4v) is 4.47. The second kappa shape index (κ2) is 8.57. The highest BCUT2D eigenvalue weighted by Gasteiger charge is 2.34. The number of sulfone groups is 1.